The molecule has 0 fully saturated rings. The second-order valence-corrected chi connectivity index (χ2v) is 4.38. The highest BCUT2D eigenvalue weighted by molar-refractivity contribution is 6.00. The standard InChI is InChI=1S/C14H16N2O/c1-10(2)16-9-15-8-14(16)13-7-5-4-6-12(13)11(3)17/h4-10H,1-3H3. The molecule has 0 spiro atoms. The predicted octanol–water partition coefficient (Wildman–Crippen LogP) is 3.33. The van der Waals surface area contributed by atoms with E-state index in [0.717, 1.165) is 16.8 Å². The Kier molecular flexibility index (Phi) is 3.09. The number of ketones is 1. The fourth-order valence-electron chi connectivity index (χ4n) is 1.94. The van der Waals surface area contributed by atoms with Crippen molar-refractivity contribution < 1.29 is 4.79 Å². The van der Waals surface area contributed by atoms with Crippen LogP contribution in [0.5, 0.6) is 0 Å². The summed E-state index contributed by atoms with van der Waals surface area (Å²) in [4.78, 5) is 15.8. The van der Waals surface area contributed by atoms with Gasteiger partial charge in [0.1, 0.15) is 0 Å². The summed E-state index contributed by atoms with van der Waals surface area (Å²) in [5.41, 5.74) is 2.69. The van der Waals surface area contributed by atoms with Gasteiger partial charge in [-0.2, -0.15) is 0 Å². The molecule has 0 bridgehead atoms. The van der Waals surface area contributed by atoms with E-state index >= 15 is 0 Å². The average Bonchev–Trinajstić information content (AvgIpc) is 2.77. The Morgan fingerprint density at radius 2 is 2.00 bits per heavy atom. The fourth-order valence-corrected chi connectivity index (χ4v) is 1.94. The number of imidazole rings is 1. The minimum absolute atomic E-state index is 0.0807. The number of benzene rings is 1. The van der Waals surface area contributed by atoms with Crippen molar-refractivity contribution in [2.45, 2.75) is 26.8 Å². The van der Waals surface area contributed by atoms with Crippen LogP contribution in [0.25, 0.3) is 11.3 Å². The van der Waals surface area contributed by atoms with Crippen LogP contribution in [0.4, 0.5) is 0 Å². The molecule has 0 saturated heterocycles. The lowest BCUT2D eigenvalue weighted by Crippen LogP contribution is -2.04. The average molecular weight is 228 g/mol. The minimum atomic E-state index is 0.0807. The molecule has 2 rings (SSSR count). The Morgan fingerprint density at radius 1 is 1.29 bits per heavy atom. The van der Waals surface area contributed by atoms with Gasteiger partial charge in [-0.3, -0.25) is 4.79 Å². The zero-order valence-corrected chi connectivity index (χ0v) is 10.3. The molecule has 0 atom stereocenters. The summed E-state index contributed by atoms with van der Waals surface area (Å²) < 4.78 is 2.07. The summed E-state index contributed by atoms with van der Waals surface area (Å²) in [6.45, 7) is 5.79. The van der Waals surface area contributed by atoms with Crippen LogP contribution in [-0.4, -0.2) is 15.3 Å². The molecule has 88 valence electrons. The van der Waals surface area contributed by atoms with Gasteiger partial charge < -0.3 is 4.57 Å². The van der Waals surface area contributed by atoms with Gasteiger partial charge in [-0.15, -0.1) is 0 Å². The van der Waals surface area contributed by atoms with Crippen LogP contribution >= 0.6 is 0 Å². The molecule has 0 amide bonds. The van der Waals surface area contributed by atoms with Crippen molar-refractivity contribution in [1.82, 2.24) is 9.55 Å². The van der Waals surface area contributed by atoms with Crippen LogP contribution in [0.3, 0.4) is 0 Å². The molecule has 1 heterocycles. The Bertz CT molecular complexity index is 541. The molecule has 0 aliphatic carbocycles. The molecule has 0 saturated carbocycles. The topological polar surface area (TPSA) is 34.9 Å². The van der Waals surface area contributed by atoms with E-state index in [4.69, 9.17) is 0 Å². The molecule has 0 aliphatic rings. The van der Waals surface area contributed by atoms with Crippen molar-refractivity contribution in [2.75, 3.05) is 0 Å². The van der Waals surface area contributed by atoms with Crippen molar-refractivity contribution in [3.8, 4) is 11.3 Å². The van der Waals surface area contributed by atoms with Crippen LogP contribution < -0.4 is 0 Å². The smallest absolute Gasteiger partial charge is 0.160 e. The maximum absolute atomic E-state index is 11.6. The maximum atomic E-state index is 11.6. The van der Waals surface area contributed by atoms with Crippen molar-refractivity contribution >= 4 is 5.78 Å². The van der Waals surface area contributed by atoms with Crippen LogP contribution in [0, 0.1) is 0 Å². The summed E-state index contributed by atoms with van der Waals surface area (Å²) in [5, 5.41) is 0. The molecule has 3 heteroatoms. The number of rotatable bonds is 3. The van der Waals surface area contributed by atoms with Gasteiger partial charge in [0, 0.05) is 17.2 Å². The van der Waals surface area contributed by atoms with Crippen molar-refractivity contribution in [3.63, 3.8) is 0 Å². The third-order valence-electron chi connectivity index (χ3n) is 2.80. The van der Waals surface area contributed by atoms with E-state index in [-0.39, 0.29) is 5.78 Å². The van der Waals surface area contributed by atoms with Gasteiger partial charge in [-0.05, 0) is 20.8 Å². The molecule has 2 aromatic rings. The van der Waals surface area contributed by atoms with Gasteiger partial charge in [-0.1, -0.05) is 24.3 Å². The second kappa shape index (κ2) is 4.53. The molecule has 0 N–H and O–H groups in total. The normalized spacial score (nSPS) is 10.8. The molecule has 17 heavy (non-hydrogen) atoms. The van der Waals surface area contributed by atoms with Crippen molar-refractivity contribution in [2.24, 2.45) is 0 Å². The number of carbonyl (C=O) groups is 1. The number of aromatic nitrogens is 2. The van der Waals surface area contributed by atoms with E-state index < -0.39 is 0 Å². The van der Waals surface area contributed by atoms with E-state index in [9.17, 15) is 4.79 Å². The molecule has 3 nitrogen and oxygen atoms in total. The molecule has 1 aromatic carbocycles. The lowest BCUT2D eigenvalue weighted by atomic mass is 10.0. The van der Waals surface area contributed by atoms with E-state index in [1.54, 1.807) is 13.3 Å². The summed E-state index contributed by atoms with van der Waals surface area (Å²) in [6, 6.07) is 7.98. The third-order valence-corrected chi connectivity index (χ3v) is 2.80. The second-order valence-electron chi connectivity index (χ2n) is 4.38. The Labute approximate surface area is 101 Å². The first kappa shape index (κ1) is 11.6. The predicted molar refractivity (Wildman–Crippen MR) is 68.1 cm³/mol. The monoisotopic (exact) mass is 228 g/mol. The van der Waals surface area contributed by atoms with E-state index in [0.29, 0.717) is 6.04 Å². The molecule has 0 radical (unpaired) electrons. The van der Waals surface area contributed by atoms with Gasteiger partial charge in [0.2, 0.25) is 0 Å². The zero-order valence-electron chi connectivity index (χ0n) is 10.3. The number of hydrogen-bond acceptors (Lipinski definition) is 2. The van der Waals surface area contributed by atoms with Gasteiger partial charge >= 0.3 is 0 Å². The lowest BCUT2D eigenvalue weighted by Gasteiger charge is -2.13. The summed E-state index contributed by atoms with van der Waals surface area (Å²) in [6.07, 6.45) is 3.61. The Morgan fingerprint density at radius 3 is 2.65 bits per heavy atom. The molecule has 0 aliphatic heterocycles. The highest BCUT2D eigenvalue weighted by Crippen LogP contribution is 2.26. The fraction of sp³-hybridized carbons (Fsp3) is 0.286. The molecular formula is C14H16N2O. The Balaban J connectivity index is 2.60. The zero-order chi connectivity index (χ0) is 12.4. The number of Topliss-reactive ketones (excluding diaryl/α,β-unsaturated/α-hetero) is 1. The largest absolute Gasteiger partial charge is 0.328 e. The van der Waals surface area contributed by atoms with Gasteiger partial charge in [-0.25, -0.2) is 4.98 Å². The summed E-state index contributed by atoms with van der Waals surface area (Å²) in [5.74, 6) is 0.0807. The highest BCUT2D eigenvalue weighted by Gasteiger charge is 2.13. The van der Waals surface area contributed by atoms with Crippen LogP contribution in [0.2, 0.25) is 0 Å². The van der Waals surface area contributed by atoms with Crippen LogP contribution in [-0.2, 0) is 0 Å². The quantitative estimate of drug-likeness (QED) is 0.755. The first-order valence-corrected chi connectivity index (χ1v) is 5.73. The van der Waals surface area contributed by atoms with E-state index in [1.807, 2.05) is 30.5 Å². The van der Waals surface area contributed by atoms with Crippen molar-refractivity contribution in [3.05, 3.63) is 42.4 Å². The van der Waals surface area contributed by atoms with Gasteiger partial charge in [0.15, 0.2) is 5.78 Å². The summed E-state index contributed by atoms with van der Waals surface area (Å²) in [7, 11) is 0. The molecule has 0 unspecified atom stereocenters. The lowest BCUT2D eigenvalue weighted by molar-refractivity contribution is 0.101. The van der Waals surface area contributed by atoms with Crippen molar-refractivity contribution in [1.29, 1.82) is 0 Å². The van der Waals surface area contributed by atoms with Gasteiger partial charge in [0.05, 0.1) is 18.2 Å². The minimum Gasteiger partial charge on any atom is -0.328 e. The number of hydrogen-bond donors (Lipinski definition) is 0. The molecule has 1 aromatic heterocycles. The highest BCUT2D eigenvalue weighted by atomic mass is 16.1. The third kappa shape index (κ3) is 2.13. The van der Waals surface area contributed by atoms with Gasteiger partial charge in [0.25, 0.3) is 0 Å². The summed E-state index contributed by atoms with van der Waals surface area (Å²) >= 11 is 0. The van der Waals surface area contributed by atoms with Crippen LogP contribution in [0.1, 0.15) is 37.2 Å². The Hall–Kier alpha value is -1.90. The SMILES string of the molecule is CC(=O)c1ccccc1-c1cncn1C(C)C. The number of nitrogens with zero attached hydrogens (tertiary/aromatic N) is 2. The van der Waals surface area contributed by atoms with Crippen LogP contribution in [0.15, 0.2) is 36.8 Å². The molecular weight excluding hydrogens is 212 g/mol. The maximum Gasteiger partial charge on any atom is 0.160 e. The number of carbonyl (C=O) groups excluding carboxylic acids is 1. The first-order valence-electron chi connectivity index (χ1n) is 5.73. The van der Waals surface area contributed by atoms with E-state index in [2.05, 4.69) is 23.4 Å². The first-order chi connectivity index (χ1) is 8.11. The van der Waals surface area contributed by atoms with E-state index in [1.165, 1.54) is 0 Å².